The number of rotatable bonds is 3. The highest BCUT2D eigenvalue weighted by Crippen LogP contribution is 2.32. The lowest BCUT2D eigenvalue weighted by atomic mass is 10.1. The molecule has 0 aliphatic carbocycles. The highest BCUT2D eigenvalue weighted by atomic mass is 79.9. The zero-order valence-electron chi connectivity index (χ0n) is 10.8. The number of hydrogen-bond acceptors (Lipinski definition) is 4. The highest BCUT2D eigenvalue weighted by Gasteiger charge is 2.36. The van der Waals surface area contributed by atoms with Gasteiger partial charge in [0.05, 0.1) is 7.11 Å². The molecule has 7 heteroatoms. The van der Waals surface area contributed by atoms with E-state index in [-0.39, 0.29) is 16.9 Å². The summed E-state index contributed by atoms with van der Waals surface area (Å²) in [5, 5.41) is 0. The Kier molecular flexibility index (Phi) is 4.20. The van der Waals surface area contributed by atoms with E-state index in [0.29, 0.717) is 23.3 Å². The summed E-state index contributed by atoms with van der Waals surface area (Å²) in [6.07, 6.45) is 0. The molecule has 1 aromatic carbocycles. The minimum atomic E-state index is -3.57. The summed E-state index contributed by atoms with van der Waals surface area (Å²) in [6, 6.07) is 4.82. The van der Waals surface area contributed by atoms with Gasteiger partial charge in [-0.15, -0.1) is 0 Å². The minimum absolute atomic E-state index is 0.118. The van der Waals surface area contributed by atoms with Crippen LogP contribution in [0.4, 0.5) is 0 Å². The maximum atomic E-state index is 12.6. The van der Waals surface area contributed by atoms with E-state index < -0.39 is 10.0 Å². The van der Waals surface area contributed by atoms with E-state index in [9.17, 15) is 8.42 Å². The van der Waals surface area contributed by atoms with Crippen LogP contribution < -0.4 is 10.5 Å². The molecule has 5 nitrogen and oxygen atoms in total. The van der Waals surface area contributed by atoms with Gasteiger partial charge in [0.2, 0.25) is 10.0 Å². The fourth-order valence-corrected chi connectivity index (χ4v) is 4.41. The van der Waals surface area contributed by atoms with Gasteiger partial charge in [0.25, 0.3) is 0 Å². The first kappa shape index (κ1) is 14.8. The molecule has 106 valence electrons. The van der Waals surface area contributed by atoms with E-state index in [2.05, 4.69) is 15.9 Å². The molecule has 2 atom stereocenters. The average Bonchev–Trinajstić information content (AvgIpc) is 2.70. The van der Waals surface area contributed by atoms with Crippen LogP contribution in [-0.4, -0.2) is 39.0 Å². The van der Waals surface area contributed by atoms with Crippen LogP contribution in [0.2, 0.25) is 0 Å². The second-order valence-corrected chi connectivity index (χ2v) is 7.58. The van der Waals surface area contributed by atoms with Gasteiger partial charge >= 0.3 is 0 Å². The standard InChI is InChI=1S/C12H17BrN2O3S/c1-8-6-15(7-10(8)14)19(16,17)12-5-9(13)3-4-11(12)18-2/h3-5,8,10H,6-7,14H2,1-2H3. The average molecular weight is 349 g/mol. The lowest BCUT2D eigenvalue weighted by Crippen LogP contribution is -2.32. The number of ether oxygens (including phenoxy) is 1. The molecule has 1 aromatic rings. The molecule has 0 amide bonds. The summed E-state index contributed by atoms with van der Waals surface area (Å²) in [5.41, 5.74) is 5.90. The van der Waals surface area contributed by atoms with Gasteiger partial charge in [0.1, 0.15) is 10.6 Å². The summed E-state index contributed by atoms with van der Waals surface area (Å²) < 4.78 is 32.5. The van der Waals surface area contributed by atoms with Crippen molar-refractivity contribution in [1.29, 1.82) is 0 Å². The van der Waals surface area contributed by atoms with E-state index in [0.717, 1.165) is 0 Å². The molecule has 0 spiro atoms. The third kappa shape index (κ3) is 2.79. The molecule has 0 bridgehead atoms. The number of nitrogens with two attached hydrogens (primary N) is 1. The topological polar surface area (TPSA) is 72.6 Å². The van der Waals surface area contributed by atoms with E-state index in [1.165, 1.54) is 11.4 Å². The number of halogens is 1. The van der Waals surface area contributed by atoms with Gasteiger partial charge in [-0.1, -0.05) is 22.9 Å². The second kappa shape index (κ2) is 5.40. The van der Waals surface area contributed by atoms with Crippen LogP contribution in [0, 0.1) is 5.92 Å². The first-order valence-electron chi connectivity index (χ1n) is 5.95. The summed E-state index contributed by atoms with van der Waals surface area (Å²) in [5.74, 6) is 0.504. The molecule has 1 saturated heterocycles. The first-order valence-corrected chi connectivity index (χ1v) is 8.19. The van der Waals surface area contributed by atoms with Gasteiger partial charge in [-0.25, -0.2) is 8.42 Å². The Morgan fingerprint density at radius 1 is 1.42 bits per heavy atom. The molecule has 1 heterocycles. The van der Waals surface area contributed by atoms with Crippen molar-refractivity contribution >= 4 is 26.0 Å². The fraction of sp³-hybridized carbons (Fsp3) is 0.500. The predicted molar refractivity (Wildman–Crippen MR) is 76.6 cm³/mol. The second-order valence-electron chi connectivity index (χ2n) is 4.76. The monoisotopic (exact) mass is 348 g/mol. The maximum Gasteiger partial charge on any atom is 0.246 e. The summed E-state index contributed by atoms with van der Waals surface area (Å²) >= 11 is 3.29. The van der Waals surface area contributed by atoms with Crippen LogP contribution >= 0.6 is 15.9 Å². The Morgan fingerprint density at radius 3 is 2.63 bits per heavy atom. The molecule has 1 aliphatic rings. The van der Waals surface area contributed by atoms with Crippen molar-refractivity contribution in [2.75, 3.05) is 20.2 Å². The van der Waals surface area contributed by atoms with Gasteiger partial charge in [0.15, 0.2) is 0 Å². The summed E-state index contributed by atoms with van der Waals surface area (Å²) in [4.78, 5) is 0.172. The molecule has 2 rings (SSSR count). The van der Waals surface area contributed by atoms with Crippen LogP contribution in [0.15, 0.2) is 27.6 Å². The van der Waals surface area contributed by atoms with Gasteiger partial charge < -0.3 is 10.5 Å². The van der Waals surface area contributed by atoms with Crippen LogP contribution in [0.3, 0.4) is 0 Å². The lowest BCUT2D eigenvalue weighted by molar-refractivity contribution is 0.397. The largest absolute Gasteiger partial charge is 0.495 e. The lowest BCUT2D eigenvalue weighted by Gasteiger charge is -2.18. The maximum absolute atomic E-state index is 12.6. The van der Waals surface area contributed by atoms with E-state index in [1.54, 1.807) is 18.2 Å². The molecule has 0 radical (unpaired) electrons. The molecule has 0 aromatic heterocycles. The Hall–Kier alpha value is -0.630. The zero-order chi connectivity index (χ0) is 14.2. The molecule has 2 unspecified atom stereocenters. The number of benzene rings is 1. The fourth-order valence-electron chi connectivity index (χ4n) is 2.13. The van der Waals surface area contributed by atoms with Crippen molar-refractivity contribution in [1.82, 2.24) is 4.31 Å². The highest BCUT2D eigenvalue weighted by molar-refractivity contribution is 9.10. The minimum Gasteiger partial charge on any atom is -0.495 e. The Balaban J connectivity index is 2.43. The molecule has 1 fully saturated rings. The SMILES string of the molecule is COc1ccc(Br)cc1S(=O)(=O)N1CC(C)C(N)C1. The van der Waals surface area contributed by atoms with E-state index in [1.807, 2.05) is 6.92 Å². The Labute approximate surface area is 121 Å². The van der Waals surface area contributed by atoms with Gasteiger partial charge in [0, 0.05) is 23.6 Å². The van der Waals surface area contributed by atoms with Crippen LogP contribution in [-0.2, 0) is 10.0 Å². The van der Waals surface area contributed by atoms with E-state index >= 15 is 0 Å². The Bertz CT molecular complexity index is 566. The third-order valence-corrected chi connectivity index (χ3v) is 5.73. The summed E-state index contributed by atoms with van der Waals surface area (Å²) in [6.45, 7) is 2.75. The molecular weight excluding hydrogens is 332 g/mol. The number of nitrogens with zero attached hydrogens (tertiary/aromatic N) is 1. The van der Waals surface area contributed by atoms with Gasteiger partial charge in [-0.3, -0.25) is 0 Å². The summed E-state index contributed by atoms with van der Waals surface area (Å²) in [7, 11) is -2.11. The van der Waals surface area contributed by atoms with Gasteiger partial charge in [-0.05, 0) is 24.1 Å². The van der Waals surface area contributed by atoms with Crippen molar-refractivity contribution in [3.8, 4) is 5.75 Å². The third-order valence-electron chi connectivity index (χ3n) is 3.38. The van der Waals surface area contributed by atoms with Crippen LogP contribution in [0.5, 0.6) is 5.75 Å². The number of sulfonamides is 1. The molecule has 2 N–H and O–H groups in total. The quantitative estimate of drug-likeness (QED) is 0.896. The number of methoxy groups -OCH3 is 1. The molecular formula is C12H17BrN2O3S. The molecule has 0 saturated carbocycles. The van der Waals surface area contributed by atoms with Crippen molar-refractivity contribution in [2.24, 2.45) is 11.7 Å². The van der Waals surface area contributed by atoms with Crippen LogP contribution in [0.1, 0.15) is 6.92 Å². The predicted octanol–water partition coefficient (Wildman–Crippen LogP) is 1.43. The van der Waals surface area contributed by atoms with Gasteiger partial charge in [-0.2, -0.15) is 4.31 Å². The molecule has 1 aliphatic heterocycles. The van der Waals surface area contributed by atoms with E-state index in [4.69, 9.17) is 10.5 Å². The van der Waals surface area contributed by atoms with Crippen LogP contribution in [0.25, 0.3) is 0 Å². The smallest absolute Gasteiger partial charge is 0.246 e. The normalized spacial score (nSPS) is 24.6. The first-order chi connectivity index (χ1) is 8.86. The zero-order valence-corrected chi connectivity index (χ0v) is 13.2. The van der Waals surface area contributed by atoms with Crippen molar-refractivity contribution < 1.29 is 13.2 Å². The van der Waals surface area contributed by atoms with Crippen molar-refractivity contribution in [2.45, 2.75) is 17.9 Å². The molecule has 19 heavy (non-hydrogen) atoms. The van der Waals surface area contributed by atoms with Crippen molar-refractivity contribution in [3.05, 3.63) is 22.7 Å². The number of hydrogen-bond donors (Lipinski definition) is 1. The van der Waals surface area contributed by atoms with Crippen molar-refractivity contribution in [3.63, 3.8) is 0 Å². The Morgan fingerprint density at radius 2 is 2.11 bits per heavy atom.